The highest BCUT2D eigenvalue weighted by Gasteiger charge is 2.29. The Morgan fingerprint density at radius 3 is 2.38 bits per heavy atom. The molecule has 0 aliphatic rings. The van der Waals surface area contributed by atoms with Crippen molar-refractivity contribution in [2.24, 2.45) is 0 Å². The lowest BCUT2D eigenvalue weighted by Gasteiger charge is -2.08. The topological polar surface area (TPSA) is 29.9 Å². The van der Waals surface area contributed by atoms with Gasteiger partial charge in [-0.05, 0) is 17.7 Å². The molecular weight excluding hydrogens is 279 g/mol. The molecule has 6 heteroatoms. The van der Waals surface area contributed by atoms with E-state index in [-0.39, 0.29) is 0 Å². The maximum atomic E-state index is 12.5. The van der Waals surface area contributed by atoms with E-state index in [0.717, 1.165) is 29.8 Å². The van der Waals surface area contributed by atoms with Gasteiger partial charge < -0.3 is 5.32 Å². The van der Waals surface area contributed by atoms with E-state index in [1.807, 2.05) is 6.20 Å². The summed E-state index contributed by atoms with van der Waals surface area (Å²) in [5.74, 6) is 0. The molecule has 1 N–H and O–H groups in total. The summed E-state index contributed by atoms with van der Waals surface area (Å²) in [7, 11) is 0. The molecule has 1 heterocycles. The zero-order valence-electron chi connectivity index (χ0n) is 12.0. The van der Waals surface area contributed by atoms with Crippen molar-refractivity contribution in [1.82, 2.24) is 15.1 Å². The zero-order chi connectivity index (χ0) is 15.5. The summed E-state index contributed by atoms with van der Waals surface area (Å²) in [4.78, 5) is 0. The molecule has 0 bridgehead atoms. The predicted molar refractivity (Wildman–Crippen MR) is 74.7 cm³/mol. The Kier molecular flexibility index (Phi) is 4.67. The molecule has 3 nitrogen and oxygen atoms in total. The van der Waals surface area contributed by atoms with Crippen LogP contribution in [0.1, 0.15) is 30.5 Å². The van der Waals surface area contributed by atoms with E-state index >= 15 is 0 Å². The van der Waals surface area contributed by atoms with Gasteiger partial charge in [-0.15, -0.1) is 0 Å². The molecule has 1 aromatic heterocycles. The van der Waals surface area contributed by atoms with Crippen LogP contribution < -0.4 is 5.32 Å². The Labute approximate surface area is 121 Å². The first-order valence-corrected chi connectivity index (χ1v) is 6.75. The lowest BCUT2D eigenvalue weighted by atomic mass is 10.1. The first-order chi connectivity index (χ1) is 9.84. The third-order valence-electron chi connectivity index (χ3n) is 3.03. The van der Waals surface area contributed by atoms with Crippen LogP contribution in [-0.4, -0.2) is 15.8 Å². The molecule has 0 saturated heterocycles. The number of halogens is 3. The van der Waals surface area contributed by atoms with Crippen molar-refractivity contribution in [2.75, 3.05) is 0 Å². The second kappa shape index (κ2) is 6.30. The Morgan fingerprint density at radius 2 is 1.81 bits per heavy atom. The standard InChI is InChI=1S/C15H18F3N3/c1-11(2)19-7-13-8-20-21(10-13)9-12-3-5-14(6-4-12)15(16,17)18/h3-6,8,10-11,19H,7,9H2,1-2H3. The SMILES string of the molecule is CC(C)NCc1cnn(Cc2ccc(C(F)(F)F)cc2)c1. The number of benzene rings is 1. The van der Waals surface area contributed by atoms with E-state index < -0.39 is 11.7 Å². The van der Waals surface area contributed by atoms with Crippen LogP contribution in [-0.2, 0) is 19.3 Å². The minimum Gasteiger partial charge on any atom is -0.310 e. The van der Waals surface area contributed by atoms with Gasteiger partial charge in [0, 0.05) is 24.3 Å². The van der Waals surface area contributed by atoms with Gasteiger partial charge in [0.1, 0.15) is 0 Å². The molecule has 0 unspecified atom stereocenters. The minimum atomic E-state index is -4.29. The molecule has 0 atom stereocenters. The number of hydrogen-bond acceptors (Lipinski definition) is 2. The fourth-order valence-corrected chi connectivity index (χ4v) is 1.89. The first kappa shape index (κ1) is 15.6. The second-order valence-corrected chi connectivity index (χ2v) is 5.28. The van der Waals surface area contributed by atoms with E-state index in [1.54, 1.807) is 10.9 Å². The van der Waals surface area contributed by atoms with Crippen molar-refractivity contribution in [3.8, 4) is 0 Å². The summed E-state index contributed by atoms with van der Waals surface area (Å²) in [6.45, 7) is 5.31. The van der Waals surface area contributed by atoms with Crippen LogP contribution in [0.4, 0.5) is 13.2 Å². The lowest BCUT2D eigenvalue weighted by molar-refractivity contribution is -0.137. The van der Waals surface area contributed by atoms with Crippen molar-refractivity contribution in [2.45, 2.75) is 39.2 Å². The van der Waals surface area contributed by atoms with Gasteiger partial charge in [-0.1, -0.05) is 26.0 Å². The summed E-state index contributed by atoms with van der Waals surface area (Å²) < 4.78 is 39.1. The van der Waals surface area contributed by atoms with Crippen LogP contribution in [0.3, 0.4) is 0 Å². The summed E-state index contributed by atoms with van der Waals surface area (Å²) in [5, 5.41) is 7.50. The van der Waals surface area contributed by atoms with Gasteiger partial charge in [-0.2, -0.15) is 18.3 Å². The number of nitrogens with zero attached hydrogens (tertiary/aromatic N) is 2. The Morgan fingerprint density at radius 1 is 1.14 bits per heavy atom. The third-order valence-corrected chi connectivity index (χ3v) is 3.03. The van der Waals surface area contributed by atoms with Gasteiger partial charge in [0.25, 0.3) is 0 Å². The van der Waals surface area contributed by atoms with E-state index in [9.17, 15) is 13.2 Å². The second-order valence-electron chi connectivity index (χ2n) is 5.28. The Hall–Kier alpha value is -1.82. The zero-order valence-corrected chi connectivity index (χ0v) is 12.0. The summed E-state index contributed by atoms with van der Waals surface area (Å²) >= 11 is 0. The number of rotatable bonds is 5. The van der Waals surface area contributed by atoms with E-state index in [1.165, 1.54) is 12.1 Å². The fourth-order valence-electron chi connectivity index (χ4n) is 1.89. The summed E-state index contributed by atoms with van der Waals surface area (Å²) in [6.07, 6.45) is -0.633. The molecule has 21 heavy (non-hydrogen) atoms. The molecule has 0 aliphatic carbocycles. The van der Waals surface area contributed by atoms with Gasteiger partial charge in [0.2, 0.25) is 0 Å². The largest absolute Gasteiger partial charge is 0.416 e. The molecular formula is C15H18F3N3. The number of aromatic nitrogens is 2. The van der Waals surface area contributed by atoms with Gasteiger partial charge in [0.05, 0.1) is 18.3 Å². The quantitative estimate of drug-likeness (QED) is 0.916. The van der Waals surface area contributed by atoms with Crippen molar-refractivity contribution in [3.63, 3.8) is 0 Å². The molecule has 0 aliphatic heterocycles. The van der Waals surface area contributed by atoms with Crippen LogP contribution in [0.25, 0.3) is 0 Å². The average molecular weight is 297 g/mol. The molecule has 0 saturated carbocycles. The molecule has 1 aromatic carbocycles. The normalized spacial score (nSPS) is 12.1. The summed E-state index contributed by atoms with van der Waals surface area (Å²) in [6, 6.07) is 5.55. The van der Waals surface area contributed by atoms with Gasteiger partial charge in [-0.25, -0.2) is 0 Å². The van der Waals surface area contributed by atoms with Crippen LogP contribution >= 0.6 is 0 Å². The van der Waals surface area contributed by atoms with E-state index in [0.29, 0.717) is 12.6 Å². The van der Waals surface area contributed by atoms with Gasteiger partial charge in [0.15, 0.2) is 0 Å². The Bertz CT molecular complexity index is 571. The average Bonchev–Trinajstić information content (AvgIpc) is 2.83. The van der Waals surface area contributed by atoms with E-state index in [4.69, 9.17) is 0 Å². The minimum absolute atomic E-state index is 0.392. The van der Waals surface area contributed by atoms with Crippen molar-refractivity contribution < 1.29 is 13.2 Å². The molecule has 0 fully saturated rings. The molecule has 114 valence electrons. The third kappa shape index (κ3) is 4.60. The molecule has 0 radical (unpaired) electrons. The lowest BCUT2D eigenvalue weighted by Crippen LogP contribution is -2.21. The highest BCUT2D eigenvalue weighted by molar-refractivity contribution is 5.24. The van der Waals surface area contributed by atoms with Crippen LogP contribution in [0.5, 0.6) is 0 Å². The molecule has 2 aromatic rings. The fraction of sp³-hybridized carbons (Fsp3) is 0.400. The molecule has 2 rings (SSSR count). The van der Waals surface area contributed by atoms with Crippen LogP contribution in [0.15, 0.2) is 36.7 Å². The molecule has 0 amide bonds. The Balaban J connectivity index is 1.98. The monoisotopic (exact) mass is 297 g/mol. The van der Waals surface area contributed by atoms with Crippen molar-refractivity contribution in [3.05, 3.63) is 53.3 Å². The molecule has 0 spiro atoms. The highest BCUT2D eigenvalue weighted by Crippen LogP contribution is 2.29. The smallest absolute Gasteiger partial charge is 0.310 e. The van der Waals surface area contributed by atoms with Crippen molar-refractivity contribution >= 4 is 0 Å². The number of hydrogen-bond donors (Lipinski definition) is 1. The maximum Gasteiger partial charge on any atom is 0.416 e. The van der Waals surface area contributed by atoms with E-state index in [2.05, 4.69) is 24.3 Å². The summed E-state index contributed by atoms with van der Waals surface area (Å²) in [5.41, 5.74) is 1.21. The maximum absolute atomic E-state index is 12.5. The first-order valence-electron chi connectivity index (χ1n) is 6.75. The van der Waals surface area contributed by atoms with Crippen molar-refractivity contribution in [1.29, 1.82) is 0 Å². The van der Waals surface area contributed by atoms with Gasteiger partial charge >= 0.3 is 6.18 Å². The number of nitrogens with one attached hydrogen (secondary N) is 1. The highest BCUT2D eigenvalue weighted by atomic mass is 19.4. The number of alkyl halides is 3. The van der Waals surface area contributed by atoms with Gasteiger partial charge in [-0.3, -0.25) is 4.68 Å². The predicted octanol–water partition coefficient (Wildman–Crippen LogP) is 3.45. The van der Waals surface area contributed by atoms with Crippen LogP contribution in [0.2, 0.25) is 0 Å². The van der Waals surface area contributed by atoms with Crippen LogP contribution in [0, 0.1) is 0 Å².